The number of benzene rings is 1. The Morgan fingerprint density at radius 2 is 2.08 bits per heavy atom. The predicted molar refractivity (Wildman–Crippen MR) is 136 cm³/mol. The number of nitrogens with zero attached hydrogens (tertiary/aromatic N) is 3. The molecule has 3 rings (SSSR count). The lowest BCUT2D eigenvalue weighted by Crippen LogP contribution is -2.54. The molecule has 15 heteroatoms. The van der Waals surface area contributed by atoms with Crippen LogP contribution in [0.25, 0.3) is 0 Å². The molecular formula is C23H35BN6O8. The minimum Gasteiger partial charge on any atom is -0.534 e. The summed E-state index contributed by atoms with van der Waals surface area (Å²) >= 11 is 0. The quantitative estimate of drug-likeness (QED) is 0.150. The Morgan fingerprint density at radius 3 is 2.79 bits per heavy atom. The van der Waals surface area contributed by atoms with Gasteiger partial charge in [0.25, 0.3) is 0 Å². The van der Waals surface area contributed by atoms with E-state index in [2.05, 4.69) is 21.5 Å². The van der Waals surface area contributed by atoms with Gasteiger partial charge < -0.3 is 34.1 Å². The van der Waals surface area contributed by atoms with Crippen molar-refractivity contribution < 1.29 is 38.3 Å². The van der Waals surface area contributed by atoms with Crippen LogP contribution in [0.5, 0.6) is 5.75 Å². The Balaban J connectivity index is 1.56. The highest BCUT2D eigenvalue weighted by atomic mass is 16.7. The standard InChI is InChI=1S/C23H35BN6O8/c1-6-37-23(2,3)22(33)36-14-35-21(32)16-9-7-8-15-12-17(24(34)38-20(15)16)25-19(31)13-18-26-27-28-30(18)11-10-29(4)5/h7-9,17,27-28,34H,6,10-14H2,1-5H3,(H,25,31)/t17-/m0/s1. The Morgan fingerprint density at radius 1 is 1.32 bits per heavy atom. The van der Waals surface area contributed by atoms with Crippen LogP contribution in [0, 0.1) is 0 Å². The van der Waals surface area contributed by atoms with E-state index in [1.165, 1.54) is 6.07 Å². The van der Waals surface area contributed by atoms with E-state index in [1.807, 2.05) is 19.0 Å². The minimum absolute atomic E-state index is 0.0192. The fourth-order valence-corrected chi connectivity index (χ4v) is 3.81. The summed E-state index contributed by atoms with van der Waals surface area (Å²) in [6.45, 7) is 5.91. The van der Waals surface area contributed by atoms with Crippen LogP contribution in [0.2, 0.25) is 0 Å². The third-order valence-electron chi connectivity index (χ3n) is 5.83. The zero-order valence-corrected chi connectivity index (χ0v) is 22.3. The normalized spacial score (nSPS) is 16.8. The van der Waals surface area contributed by atoms with Crippen molar-refractivity contribution in [3.63, 3.8) is 0 Å². The first kappa shape index (κ1) is 29.2. The van der Waals surface area contributed by atoms with E-state index in [4.69, 9.17) is 18.9 Å². The van der Waals surface area contributed by atoms with Gasteiger partial charge in [-0.15, -0.1) is 10.6 Å². The molecule has 0 aromatic heterocycles. The number of para-hydroxylation sites is 1. The minimum atomic E-state index is -1.41. The zero-order chi connectivity index (χ0) is 27.9. The first-order chi connectivity index (χ1) is 18.0. The molecule has 0 unspecified atom stereocenters. The van der Waals surface area contributed by atoms with Gasteiger partial charge >= 0.3 is 19.1 Å². The molecule has 1 amide bonds. The maximum Gasteiger partial charge on any atom is 0.547 e. The molecule has 2 aliphatic rings. The van der Waals surface area contributed by atoms with Gasteiger partial charge in [-0.2, -0.15) is 0 Å². The maximum atomic E-state index is 12.7. The Kier molecular flexibility index (Phi) is 9.91. The summed E-state index contributed by atoms with van der Waals surface area (Å²) in [5.41, 5.74) is 4.98. The van der Waals surface area contributed by atoms with E-state index in [-0.39, 0.29) is 30.1 Å². The van der Waals surface area contributed by atoms with Gasteiger partial charge in [-0.25, -0.2) is 15.1 Å². The number of amides is 1. The van der Waals surface area contributed by atoms with Crippen LogP contribution in [-0.2, 0) is 30.2 Å². The van der Waals surface area contributed by atoms with Crippen molar-refractivity contribution in [1.29, 1.82) is 0 Å². The molecule has 1 atom stereocenters. The highest BCUT2D eigenvalue weighted by Crippen LogP contribution is 2.30. The zero-order valence-electron chi connectivity index (χ0n) is 22.3. The van der Waals surface area contributed by atoms with Crippen LogP contribution in [0.15, 0.2) is 23.3 Å². The van der Waals surface area contributed by atoms with E-state index < -0.39 is 37.4 Å². The summed E-state index contributed by atoms with van der Waals surface area (Å²) < 4.78 is 21.0. The maximum absolute atomic E-state index is 12.7. The van der Waals surface area contributed by atoms with Crippen molar-refractivity contribution in [3.05, 3.63) is 29.3 Å². The number of hydrogen-bond donors (Lipinski definition) is 4. The third kappa shape index (κ3) is 7.57. The average molecular weight is 534 g/mol. The highest BCUT2D eigenvalue weighted by molar-refractivity contribution is 6.47. The van der Waals surface area contributed by atoms with Crippen LogP contribution < -0.4 is 21.0 Å². The molecule has 0 bridgehead atoms. The number of ether oxygens (including phenoxy) is 3. The van der Waals surface area contributed by atoms with Crippen molar-refractivity contribution in [2.45, 2.75) is 45.2 Å². The van der Waals surface area contributed by atoms with Crippen molar-refractivity contribution >= 4 is 30.8 Å². The second-order valence-electron chi connectivity index (χ2n) is 9.49. The van der Waals surface area contributed by atoms with Gasteiger partial charge in [-0.3, -0.25) is 9.80 Å². The summed E-state index contributed by atoms with van der Waals surface area (Å²) in [6.07, 6.45) is 0.197. The van der Waals surface area contributed by atoms with Gasteiger partial charge in [0.15, 0.2) is 11.4 Å². The first-order valence-corrected chi connectivity index (χ1v) is 12.3. The SMILES string of the molecule is CCOC(C)(C)C(=O)OCOC(=O)c1cccc2c1OB(O)[C@@H](NC(=O)CC1=NNNN1CCN(C)C)C2. The lowest BCUT2D eigenvalue weighted by molar-refractivity contribution is -0.175. The molecule has 1 aromatic rings. The van der Waals surface area contributed by atoms with E-state index in [0.29, 0.717) is 24.6 Å². The van der Waals surface area contributed by atoms with Crippen LogP contribution in [0.1, 0.15) is 43.1 Å². The second-order valence-corrected chi connectivity index (χ2v) is 9.49. The van der Waals surface area contributed by atoms with Crippen molar-refractivity contribution in [2.24, 2.45) is 5.10 Å². The lowest BCUT2D eigenvalue weighted by Gasteiger charge is -2.29. The number of carbonyl (C=O) groups is 3. The smallest absolute Gasteiger partial charge is 0.534 e. The number of amidine groups is 1. The molecule has 2 heterocycles. The molecule has 38 heavy (non-hydrogen) atoms. The Labute approximate surface area is 221 Å². The number of carbonyl (C=O) groups excluding carboxylic acids is 3. The predicted octanol–water partition coefficient (Wildman–Crippen LogP) is -0.811. The van der Waals surface area contributed by atoms with Crippen LogP contribution in [0.4, 0.5) is 0 Å². The Bertz CT molecular complexity index is 1050. The largest absolute Gasteiger partial charge is 0.547 e. The summed E-state index contributed by atoms with van der Waals surface area (Å²) in [7, 11) is 2.48. The number of esters is 2. The summed E-state index contributed by atoms with van der Waals surface area (Å²) in [4.78, 5) is 39.5. The number of hydrazine groups is 2. The average Bonchev–Trinajstić information content (AvgIpc) is 3.29. The molecule has 0 saturated carbocycles. The molecule has 0 saturated heterocycles. The lowest BCUT2D eigenvalue weighted by atomic mass is 9.72. The van der Waals surface area contributed by atoms with Crippen LogP contribution in [0.3, 0.4) is 0 Å². The molecule has 2 aliphatic heterocycles. The number of hydrazone groups is 1. The van der Waals surface area contributed by atoms with E-state index >= 15 is 0 Å². The second kappa shape index (κ2) is 12.9. The molecule has 0 radical (unpaired) electrons. The summed E-state index contributed by atoms with van der Waals surface area (Å²) in [5, 5.41) is 19.2. The van der Waals surface area contributed by atoms with Gasteiger partial charge in [-0.1, -0.05) is 12.1 Å². The molecule has 4 N–H and O–H groups in total. The molecule has 14 nitrogen and oxygen atoms in total. The first-order valence-electron chi connectivity index (χ1n) is 12.3. The molecule has 0 aliphatic carbocycles. The Hall–Kier alpha value is -3.40. The molecule has 0 fully saturated rings. The van der Waals surface area contributed by atoms with Crippen LogP contribution >= 0.6 is 0 Å². The van der Waals surface area contributed by atoms with Gasteiger partial charge in [0, 0.05) is 13.2 Å². The van der Waals surface area contributed by atoms with Crippen molar-refractivity contribution in [2.75, 3.05) is 40.6 Å². The van der Waals surface area contributed by atoms with Gasteiger partial charge in [0.1, 0.15) is 11.3 Å². The van der Waals surface area contributed by atoms with Crippen LogP contribution in [-0.4, -0.2) is 97.9 Å². The topological polar surface area (TPSA) is 163 Å². The monoisotopic (exact) mass is 534 g/mol. The summed E-state index contributed by atoms with van der Waals surface area (Å²) in [6, 6.07) is 4.83. The summed E-state index contributed by atoms with van der Waals surface area (Å²) in [5.74, 6) is -1.93. The van der Waals surface area contributed by atoms with E-state index in [9.17, 15) is 19.4 Å². The van der Waals surface area contributed by atoms with E-state index in [0.717, 1.165) is 6.54 Å². The number of fused-ring (bicyclic) bond motifs is 1. The molecule has 1 aromatic carbocycles. The van der Waals surface area contributed by atoms with Crippen molar-refractivity contribution in [1.82, 2.24) is 26.3 Å². The van der Waals surface area contributed by atoms with Gasteiger partial charge in [-0.05, 0) is 52.9 Å². The number of likely N-dealkylation sites (N-methyl/N-ethyl adjacent to an activating group) is 1. The third-order valence-corrected chi connectivity index (χ3v) is 5.83. The van der Waals surface area contributed by atoms with Crippen molar-refractivity contribution in [3.8, 4) is 5.75 Å². The number of rotatable bonds is 12. The molecular weight excluding hydrogens is 499 g/mol. The fourth-order valence-electron chi connectivity index (χ4n) is 3.81. The van der Waals surface area contributed by atoms with Gasteiger partial charge in [0.05, 0.1) is 18.9 Å². The van der Waals surface area contributed by atoms with Gasteiger partial charge in [0.2, 0.25) is 12.7 Å². The molecule has 208 valence electrons. The molecule has 0 spiro atoms. The van der Waals surface area contributed by atoms with E-state index in [1.54, 1.807) is 37.9 Å². The fraction of sp³-hybridized carbons (Fsp3) is 0.565. The highest BCUT2D eigenvalue weighted by Gasteiger charge is 2.38. The number of hydrogen-bond acceptors (Lipinski definition) is 13. The number of nitrogens with one attached hydrogen (secondary N) is 3.